The molecule has 1 amide bonds. The van der Waals surface area contributed by atoms with Gasteiger partial charge in [0.2, 0.25) is 0 Å². The number of benzene rings is 2. The molecule has 35 heavy (non-hydrogen) atoms. The quantitative estimate of drug-likeness (QED) is 0.444. The molecule has 0 saturated carbocycles. The van der Waals surface area contributed by atoms with E-state index in [4.69, 9.17) is 14.2 Å². The van der Waals surface area contributed by atoms with Gasteiger partial charge in [-0.15, -0.1) is 0 Å². The second-order valence-corrected chi connectivity index (χ2v) is 9.14. The molecule has 0 bridgehead atoms. The second-order valence-electron chi connectivity index (χ2n) is 9.14. The number of rotatable bonds is 8. The number of carbonyl (C=O) groups excluding carboxylic acids is 2. The summed E-state index contributed by atoms with van der Waals surface area (Å²) in [6.45, 7) is 8.11. The van der Waals surface area contributed by atoms with Crippen LogP contribution in [-0.2, 0) is 24.1 Å². The van der Waals surface area contributed by atoms with Crippen molar-refractivity contribution < 1.29 is 42.1 Å². The molecule has 2 aromatic carbocycles. The van der Waals surface area contributed by atoms with Gasteiger partial charge in [-0.25, -0.2) is 4.79 Å². The number of phenols is 1. The molecule has 0 aliphatic heterocycles. The molecule has 2 rings (SSSR count). The molecule has 10 heteroatoms. The highest BCUT2D eigenvalue weighted by molar-refractivity contribution is 6.00. The minimum atomic E-state index is -4.94. The van der Waals surface area contributed by atoms with Crippen LogP contribution >= 0.6 is 0 Å². The first-order chi connectivity index (χ1) is 16.1. The fourth-order valence-corrected chi connectivity index (χ4v) is 3.14. The van der Waals surface area contributed by atoms with E-state index in [1.54, 1.807) is 39.0 Å². The lowest BCUT2D eigenvalue weighted by Crippen LogP contribution is -2.32. The molecular formula is C25H30F3NO6. The maximum absolute atomic E-state index is 13.7. The standard InChI is InChI=1S/C25H30F3NO6/c1-14(2)21(30)17-9-10-18(20(22(17)31)25(26,27)28)34-13-15-7-8-16(19(11-15)33-6)12-29-23(32)35-24(3,4)5/h7-11,14,31H,12-13H2,1-6H3,(H,29,32). The molecular weight excluding hydrogens is 467 g/mol. The summed E-state index contributed by atoms with van der Waals surface area (Å²) < 4.78 is 57.0. The van der Waals surface area contributed by atoms with Crippen molar-refractivity contribution in [3.05, 3.63) is 52.6 Å². The van der Waals surface area contributed by atoms with Crippen LogP contribution in [0.25, 0.3) is 0 Å². The number of halogens is 3. The van der Waals surface area contributed by atoms with E-state index in [2.05, 4.69) is 5.32 Å². The van der Waals surface area contributed by atoms with E-state index in [0.717, 1.165) is 12.1 Å². The lowest BCUT2D eigenvalue weighted by Gasteiger charge is -2.20. The lowest BCUT2D eigenvalue weighted by molar-refractivity contribution is -0.140. The van der Waals surface area contributed by atoms with E-state index in [9.17, 15) is 27.9 Å². The van der Waals surface area contributed by atoms with Gasteiger partial charge in [-0.05, 0) is 44.5 Å². The summed E-state index contributed by atoms with van der Waals surface area (Å²) in [5, 5.41) is 12.8. The number of hydrogen-bond donors (Lipinski definition) is 2. The Morgan fingerprint density at radius 1 is 1.06 bits per heavy atom. The number of aromatic hydroxyl groups is 1. The highest BCUT2D eigenvalue weighted by atomic mass is 19.4. The Hall–Kier alpha value is -3.43. The molecule has 2 aromatic rings. The van der Waals surface area contributed by atoms with E-state index in [1.165, 1.54) is 21.0 Å². The molecule has 0 aromatic heterocycles. The van der Waals surface area contributed by atoms with Gasteiger partial charge in [0.1, 0.15) is 35.0 Å². The first kappa shape index (κ1) is 27.8. The Labute approximate surface area is 202 Å². The average Bonchev–Trinajstić information content (AvgIpc) is 2.73. The minimum absolute atomic E-state index is 0.108. The molecule has 0 saturated heterocycles. The third kappa shape index (κ3) is 7.53. The van der Waals surface area contributed by atoms with Crippen LogP contribution in [0, 0.1) is 5.92 Å². The summed E-state index contributed by atoms with van der Waals surface area (Å²) in [5.41, 5.74) is -1.37. The van der Waals surface area contributed by atoms with Crippen molar-refractivity contribution in [3.8, 4) is 17.2 Å². The van der Waals surface area contributed by atoms with E-state index < -0.39 is 52.2 Å². The van der Waals surface area contributed by atoms with Crippen molar-refractivity contribution in [3.63, 3.8) is 0 Å². The van der Waals surface area contributed by atoms with E-state index >= 15 is 0 Å². The Bertz CT molecular complexity index is 1070. The van der Waals surface area contributed by atoms with Crippen molar-refractivity contribution in [1.29, 1.82) is 0 Å². The van der Waals surface area contributed by atoms with Gasteiger partial charge >= 0.3 is 12.3 Å². The number of nitrogens with one attached hydrogen (secondary N) is 1. The number of alkyl carbamates (subject to hydrolysis) is 1. The second kappa shape index (κ2) is 10.9. The summed E-state index contributed by atoms with van der Waals surface area (Å²) in [6.07, 6.45) is -5.55. The number of carbonyl (C=O) groups is 2. The third-order valence-corrected chi connectivity index (χ3v) is 4.78. The zero-order chi connectivity index (χ0) is 26.6. The Balaban J connectivity index is 2.22. The molecule has 0 heterocycles. The first-order valence-corrected chi connectivity index (χ1v) is 10.9. The number of hydrogen-bond acceptors (Lipinski definition) is 6. The normalized spacial score (nSPS) is 11.8. The maximum Gasteiger partial charge on any atom is 0.423 e. The van der Waals surface area contributed by atoms with Crippen molar-refractivity contribution >= 4 is 11.9 Å². The van der Waals surface area contributed by atoms with E-state index in [1.807, 2.05) is 0 Å². The molecule has 0 aliphatic rings. The van der Waals surface area contributed by atoms with E-state index in [-0.39, 0.29) is 13.2 Å². The fourth-order valence-electron chi connectivity index (χ4n) is 3.14. The average molecular weight is 498 g/mol. The summed E-state index contributed by atoms with van der Waals surface area (Å²) in [5.74, 6) is -2.58. The van der Waals surface area contributed by atoms with Gasteiger partial charge in [0.05, 0.1) is 12.7 Å². The molecule has 7 nitrogen and oxygen atoms in total. The Morgan fingerprint density at radius 3 is 2.26 bits per heavy atom. The van der Waals surface area contributed by atoms with Gasteiger partial charge in [0, 0.05) is 18.0 Å². The molecule has 0 radical (unpaired) electrons. The molecule has 2 N–H and O–H groups in total. The smallest absolute Gasteiger partial charge is 0.423 e. The zero-order valence-corrected chi connectivity index (χ0v) is 20.5. The van der Waals surface area contributed by atoms with E-state index in [0.29, 0.717) is 16.9 Å². The monoisotopic (exact) mass is 497 g/mol. The SMILES string of the molecule is COc1cc(COc2ccc(C(=O)C(C)C)c(O)c2C(F)(F)F)ccc1CNC(=O)OC(C)(C)C. The van der Waals surface area contributed by atoms with Crippen molar-refractivity contribution in [2.24, 2.45) is 5.92 Å². The summed E-state index contributed by atoms with van der Waals surface area (Å²) in [7, 11) is 1.42. The fraction of sp³-hybridized carbons (Fsp3) is 0.440. The van der Waals surface area contributed by atoms with Gasteiger partial charge in [-0.1, -0.05) is 26.0 Å². The van der Waals surface area contributed by atoms with Crippen LogP contribution in [0.1, 0.15) is 61.7 Å². The number of ether oxygens (including phenoxy) is 3. The van der Waals surface area contributed by atoms with Crippen LogP contribution in [0.2, 0.25) is 0 Å². The molecule has 192 valence electrons. The maximum atomic E-state index is 13.7. The largest absolute Gasteiger partial charge is 0.506 e. The van der Waals surface area contributed by atoms with Crippen LogP contribution in [0.5, 0.6) is 17.2 Å². The molecule has 0 fully saturated rings. The van der Waals surface area contributed by atoms with Crippen LogP contribution in [0.15, 0.2) is 30.3 Å². The van der Waals surface area contributed by atoms with Crippen LogP contribution in [0.3, 0.4) is 0 Å². The molecule has 0 atom stereocenters. The number of phenolic OH excluding ortho intramolecular Hbond substituents is 1. The number of methoxy groups -OCH3 is 1. The lowest BCUT2D eigenvalue weighted by atomic mass is 9.97. The highest BCUT2D eigenvalue weighted by Gasteiger charge is 2.40. The number of ketones is 1. The van der Waals surface area contributed by atoms with Crippen molar-refractivity contribution in [1.82, 2.24) is 5.32 Å². The molecule has 0 spiro atoms. The predicted octanol–water partition coefficient (Wildman–Crippen LogP) is 5.86. The summed E-state index contributed by atoms with van der Waals surface area (Å²) >= 11 is 0. The van der Waals surface area contributed by atoms with Gasteiger partial charge in [-0.3, -0.25) is 4.79 Å². The minimum Gasteiger partial charge on any atom is -0.506 e. The number of alkyl halides is 3. The van der Waals surface area contributed by atoms with Gasteiger partial charge in [0.25, 0.3) is 0 Å². The Kier molecular flexibility index (Phi) is 8.64. The molecule has 0 aliphatic carbocycles. The zero-order valence-electron chi connectivity index (χ0n) is 20.5. The number of amides is 1. The van der Waals surface area contributed by atoms with Gasteiger partial charge in [0.15, 0.2) is 5.78 Å². The van der Waals surface area contributed by atoms with Crippen LogP contribution < -0.4 is 14.8 Å². The summed E-state index contributed by atoms with van der Waals surface area (Å²) in [4.78, 5) is 24.1. The van der Waals surface area contributed by atoms with Gasteiger partial charge < -0.3 is 24.6 Å². The van der Waals surface area contributed by atoms with Crippen molar-refractivity contribution in [2.45, 2.75) is 59.5 Å². The Morgan fingerprint density at radius 2 is 1.71 bits per heavy atom. The third-order valence-electron chi connectivity index (χ3n) is 4.78. The van der Waals surface area contributed by atoms with Crippen molar-refractivity contribution in [2.75, 3.05) is 7.11 Å². The summed E-state index contributed by atoms with van der Waals surface area (Å²) in [6, 6.07) is 6.96. The topological polar surface area (TPSA) is 94.1 Å². The number of Topliss-reactive ketones (excluding diaryl/α,β-unsaturated/α-hetero) is 1. The predicted molar refractivity (Wildman–Crippen MR) is 123 cm³/mol. The first-order valence-electron chi connectivity index (χ1n) is 10.9. The van der Waals surface area contributed by atoms with Gasteiger partial charge in [-0.2, -0.15) is 13.2 Å². The van der Waals surface area contributed by atoms with Crippen LogP contribution in [-0.4, -0.2) is 29.7 Å². The molecule has 0 unspecified atom stereocenters. The van der Waals surface area contributed by atoms with Crippen LogP contribution in [0.4, 0.5) is 18.0 Å². The highest BCUT2D eigenvalue weighted by Crippen LogP contribution is 2.44.